The van der Waals surface area contributed by atoms with Gasteiger partial charge in [-0.1, -0.05) is 30.3 Å². The molecule has 0 amide bonds. The van der Waals surface area contributed by atoms with Crippen molar-refractivity contribution in [1.82, 2.24) is 18.7 Å². The number of aryl methyl sites for hydroxylation is 1. The molecule has 138 valence electrons. The van der Waals surface area contributed by atoms with Crippen LogP contribution in [0.5, 0.6) is 0 Å². The summed E-state index contributed by atoms with van der Waals surface area (Å²) in [5.74, 6) is 0.412. The van der Waals surface area contributed by atoms with Crippen molar-refractivity contribution in [3.05, 3.63) is 56.7 Å². The molecule has 0 spiro atoms. The summed E-state index contributed by atoms with van der Waals surface area (Å²) in [5.41, 5.74) is 0.611. The maximum atomic E-state index is 12.6. The van der Waals surface area contributed by atoms with E-state index in [9.17, 15) is 14.7 Å². The van der Waals surface area contributed by atoms with Crippen molar-refractivity contribution in [3.63, 3.8) is 0 Å². The molecule has 0 saturated heterocycles. The number of nitrogens with one attached hydrogen (secondary N) is 1. The second-order valence-corrected chi connectivity index (χ2v) is 6.38. The van der Waals surface area contributed by atoms with E-state index in [1.807, 2.05) is 30.3 Å². The Morgan fingerprint density at radius 3 is 2.54 bits per heavy atom. The van der Waals surface area contributed by atoms with E-state index in [2.05, 4.69) is 10.3 Å². The van der Waals surface area contributed by atoms with Gasteiger partial charge < -0.3 is 15.0 Å². The van der Waals surface area contributed by atoms with E-state index < -0.39 is 17.4 Å². The standard InChI is InChI=1S/C17H20ClN5O3/c1-21-14-13(15(25)22(2)17(21)26)23(10-12(24)8-18)16(20-14)19-9-11-6-4-3-5-7-11/h3-7,12,24H,8-10H2,1-2H3,(H,19,20)/t12-/m0/s1. The molecule has 3 rings (SSSR count). The summed E-state index contributed by atoms with van der Waals surface area (Å²) in [6.07, 6.45) is -0.853. The average Bonchev–Trinajstić information content (AvgIpc) is 3.02. The van der Waals surface area contributed by atoms with Crippen molar-refractivity contribution in [3.8, 4) is 0 Å². The monoisotopic (exact) mass is 377 g/mol. The van der Waals surface area contributed by atoms with Crippen LogP contribution in [-0.4, -0.2) is 35.8 Å². The fourth-order valence-corrected chi connectivity index (χ4v) is 2.89. The minimum absolute atomic E-state index is 0.0177. The van der Waals surface area contributed by atoms with Crippen molar-refractivity contribution in [2.45, 2.75) is 19.2 Å². The van der Waals surface area contributed by atoms with E-state index in [4.69, 9.17) is 11.6 Å². The van der Waals surface area contributed by atoms with Crippen molar-refractivity contribution >= 4 is 28.7 Å². The number of benzene rings is 1. The Balaban J connectivity index is 2.13. The van der Waals surface area contributed by atoms with E-state index in [-0.39, 0.29) is 23.6 Å². The molecule has 0 unspecified atom stereocenters. The number of hydrogen-bond donors (Lipinski definition) is 2. The fraction of sp³-hybridized carbons (Fsp3) is 0.353. The van der Waals surface area contributed by atoms with Crippen LogP contribution in [-0.2, 0) is 27.2 Å². The normalized spacial score (nSPS) is 12.5. The lowest BCUT2D eigenvalue weighted by Crippen LogP contribution is -2.38. The summed E-state index contributed by atoms with van der Waals surface area (Å²) >= 11 is 5.73. The van der Waals surface area contributed by atoms with Crippen molar-refractivity contribution in [2.75, 3.05) is 11.2 Å². The Kier molecular flexibility index (Phi) is 5.15. The highest BCUT2D eigenvalue weighted by Crippen LogP contribution is 2.17. The SMILES string of the molecule is Cn1c(=O)c2c(nc(NCc3ccccc3)n2C[C@@H](O)CCl)n(C)c1=O. The van der Waals surface area contributed by atoms with Gasteiger partial charge in [0.05, 0.1) is 18.5 Å². The first-order valence-electron chi connectivity index (χ1n) is 8.12. The van der Waals surface area contributed by atoms with Gasteiger partial charge in [-0.15, -0.1) is 11.6 Å². The minimum Gasteiger partial charge on any atom is -0.390 e. The Bertz CT molecular complexity index is 1040. The van der Waals surface area contributed by atoms with Crippen LogP contribution in [0.15, 0.2) is 39.9 Å². The molecular formula is C17H20ClN5O3. The molecule has 2 aromatic heterocycles. The molecule has 0 aliphatic carbocycles. The quantitative estimate of drug-likeness (QED) is 0.615. The smallest absolute Gasteiger partial charge is 0.332 e. The molecule has 0 radical (unpaired) electrons. The third-order valence-electron chi connectivity index (χ3n) is 4.21. The molecule has 8 nitrogen and oxygen atoms in total. The first-order chi connectivity index (χ1) is 12.4. The predicted octanol–water partition coefficient (Wildman–Crippen LogP) is 0.645. The van der Waals surface area contributed by atoms with E-state index in [1.165, 1.54) is 11.6 Å². The maximum absolute atomic E-state index is 12.6. The van der Waals surface area contributed by atoms with Gasteiger partial charge in [-0.05, 0) is 5.56 Å². The number of aromatic nitrogens is 4. The van der Waals surface area contributed by atoms with Gasteiger partial charge in [0.25, 0.3) is 5.56 Å². The number of anilines is 1. The van der Waals surface area contributed by atoms with E-state index in [0.717, 1.165) is 10.1 Å². The molecule has 0 saturated carbocycles. The molecule has 3 aromatic rings. The van der Waals surface area contributed by atoms with Gasteiger partial charge in [-0.25, -0.2) is 4.79 Å². The summed E-state index contributed by atoms with van der Waals surface area (Å²) < 4.78 is 3.91. The topological polar surface area (TPSA) is 94.1 Å². The number of fused-ring (bicyclic) bond motifs is 1. The Morgan fingerprint density at radius 2 is 1.88 bits per heavy atom. The average molecular weight is 378 g/mol. The minimum atomic E-state index is -0.853. The van der Waals surface area contributed by atoms with Gasteiger partial charge in [0.2, 0.25) is 5.95 Å². The molecule has 0 aliphatic heterocycles. The summed E-state index contributed by atoms with van der Waals surface area (Å²) in [6.45, 7) is 0.569. The molecule has 9 heteroatoms. The third kappa shape index (κ3) is 3.25. The van der Waals surface area contributed by atoms with E-state index in [1.54, 1.807) is 11.6 Å². The fourth-order valence-electron chi connectivity index (χ4n) is 2.80. The lowest BCUT2D eigenvalue weighted by atomic mass is 10.2. The Hall–Kier alpha value is -2.58. The van der Waals surface area contributed by atoms with Crippen LogP contribution in [0.2, 0.25) is 0 Å². The zero-order chi connectivity index (χ0) is 18.8. The van der Waals surface area contributed by atoms with Gasteiger partial charge in [-0.2, -0.15) is 4.98 Å². The highest BCUT2D eigenvalue weighted by molar-refractivity contribution is 6.18. The number of hydrogen-bond acceptors (Lipinski definition) is 5. The molecular weight excluding hydrogens is 358 g/mol. The van der Waals surface area contributed by atoms with Gasteiger partial charge in [0.15, 0.2) is 11.2 Å². The number of rotatable bonds is 6. The molecule has 2 N–H and O–H groups in total. The van der Waals surface area contributed by atoms with Crippen LogP contribution < -0.4 is 16.6 Å². The third-order valence-corrected chi connectivity index (χ3v) is 4.57. The highest BCUT2D eigenvalue weighted by Gasteiger charge is 2.20. The number of imidazole rings is 1. The maximum Gasteiger partial charge on any atom is 0.332 e. The predicted molar refractivity (Wildman–Crippen MR) is 101 cm³/mol. The largest absolute Gasteiger partial charge is 0.390 e. The summed E-state index contributed by atoms with van der Waals surface area (Å²) in [5, 5.41) is 13.2. The van der Waals surface area contributed by atoms with Crippen LogP contribution in [0.1, 0.15) is 5.56 Å². The number of halogens is 1. The van der Waals surface area contributed by atoms with Crippen LogP contribution in [0.4, 0.5) is 5.95 Å². The molecule has 1 atom stereocenters. The number of aliphatic hydroxyl groups excluding tert-OH is 1. The first kappa shape index (κ1) is 18.2. The summed E-state index contributed by atoms with van der Waals surface area (Å²) in [4.78, 5) is 29.2. The number of alkyl halides is 1. The number of aliphatic hydroxyl groups is 1. The molecule has 0 bridgehead atoms. The van der Waals surface area contributed by atoms with E-state index >= 15 is 0 Å². The van der Waals surface area contributed by atoms with Crippen LogP contribution in [0.3, 0.4) is 0 Å². The zero-order valence-corrected chi connectivity index (χ0v) is 15.3. The summed E-state index contributed by atoms with van der Waals surface area (Å²) in [7, 11) is 2.97. The second kappa shape index (κ2) is 7.35. The molecule has 1 aromatic carbocycles. The van der Waals surface area contributed by atoms with Crippen molar-refractivity contribution in [2.24, 2.45) is 14.1 Å². The molecule has 2 heterocycles. The van der Waals surface area contributed by atoms with Gasteiger partial charge in [0.1, 0.15) is 0 Å². The molecule has 0 aliphatic rings. The molecule has 0 fully saturated rings. The second-order valence-electron chi connectivity index (χ2n) is 6.07. The highest BCUT2D eigenvalue weighted by atomic mass is 35.5. The van der Waals surface area contributed by atoms with E-state index in [0.29, 0.717) is 12.5 Å². The van der Waals surface area contributed by atoms with Crippen LogP contribution >= 0.6 is 11.6 Å². The van der Waals surface area contributed by atoms with Crippen molar-refractivity contribution in [1.29, 1.82) is 0 Å². The summed E-state index contributed by atoms with van der Waals surface area (Å²) in [6, 6.07) is 9.70. The zero-order valence-electron chi connectivity index (χ0n) is 14.5. The van der Waals surface area contributed by atoms with Gasteiger partial charge in [-0.3, -0.25) is 13.9 Å². The lowest BCUT2D eigenvalue weighted by Gasteiger charge is -2.13. The van der Waals surface area contributed by atoms with Crippen molar-refractivity contribution < 1.29 is 5.11 Å². The van der Waals surface area contributed by atoms with Crippen LogP contribution in [0.25, 0.3) is 11.2 Å². The van der Waals surface area contributed by atoms with Gasteiger partial charge >= 0.3 is 5.69 Å². The Labute approximate surface area is 154 Å². The molecule has 26 heavy (non-hydrogen) atoms. The Morgan fingerprint density at radius 1 is 1.19 bits per heavy atom. The van der Waals surface area contributed by atoms with Crippen LogP contribution in [0, 0.1) is 0 Å². The van der Waals surface area contributed by atoms with Gasteiger partial charge in [0, 0.05) is 20.6 Å². The lowest BCUT2D eigenvalue weighted by molar-refractivity contribution is 0.179. The first-order valence-corrected chi connectivity index (χ1v) is 8.65. The number of nitrogens with zero attached hydrogens (tertiary/aromatic N) is 4.